The maximum atomic E-state index is 13.1. The van der Waals surface area contributed by atoms with Gasteiger partial charge in [-0.25, -0.2) is 9.78 Å². The van der Waals surface area contributed by atoms with Crippen molar-refractivity contribution >= 4 is 29.5 Å². The molecule has 4 rings (SSSR count). The predicted molar refractivity (Wildman–Crippen MR) is 101 cm³/mol. The smallest absolute Gasteiger partial charge is 0.410 e. The van der Waals surface area contributed by atoms with Crippen molar-refractivity contribution in [3.8, 4) is 0 Å². The lowest BCUT2D eigenvalue weighted by Gasteiger charge is -2.37. The molecular weight excluding hydrogens is 384 g/mol. The number of likely N-dealkylation sites (tertiary alicyclic amines) is 2. The number of hydrogen-bond donors (Lipinski definition) is 0. The lowest BCUT2D eigenvalue weighted by atomic mass is 10.0. The first-order valence-electron chi connectivity index (χ1n) is 9.69. The number of carbonyl (C=O) groups is 3. The van der Waals surface area contributed by atoms with Crippen LogP contribution in [0.3, 0.4) is 0 Å². The summed E-state index contributed by atoms with van der Waals surface area (Å²) >= 11 is 5.84. The Hall–Kier alpha value is -2.35. The summed E-state index contributed by atoms with van der Waals surface area (Å²) in [6.45, 7) is 2.79. The minimum absolute atomic E-state index is 0.0118. The molecule has 0 N–H and O–H groups in total. The van der Waals surface area contributed by atoms with Crippen LogP contribution in [0.4, 0.5) is 4.79 Å². The third-order valence-electron chi connectivity index (χ3n) is 5.75. The number of carbonyl (C=O) groups excluding carboxylic acids is 3. The molecule has 1 aromatic heterocycles. The molecule has 3 fully saturated rings. The molecule has 3 amide bonds. The maximum absolute atomic E-state index is 13.1. The summed E-state index contributed by atoms with van der Waals surface area (Å²) in [5, 5.41) is 0.468. The van der Waals surface area contributed by atoms with E-state index in [1.807, 2.05) is 4.90 Å². The average molecular weight is 407 g/mol. The molecule has 3 aliphatic rings. The van der Waals surface area contributed by atoms with Crippen LogP contribution in [-0.2, 0) is 9.53 Å². The number of aromatic nitrogens is 1. The van der Waals surface area contributed by atoms with Crippen LogP contribution < -0.4 is 0 Å². The van der Waals surface area contributed by atoms with Gasteiger partial charge in [-0.2, -0.15) is 0 Å². The summed E-state index contributed by atoms with van der Waals surface area (Å²) in [7, 11) is 0. The van der Waals surface area contributed by atoms with Gasteiger partial charge in [0, 0.05) is 31.9 Å². The van der Waals surface area contributed by atoms with Gasteiger partial charge in [0.2, 0.25) is 5.91 Å². The van der Waals surface area contributed by atoms with E-state index >= 15 is 0 Å². The third-order valence-corrected chi connectivity index (χ3v) is 5.98. The highest BCUT2D eigenvalue weighted by Crippen LogP contribution is 2.25. The fourth-order valence-corrected chi connectivity index (χ4v) is 4.37. The quantitative estimate of drug-likeness (QED) is 0.764. The molecule has 9 heteroatoms. The average Bonchev–Trinajstić information content (AvgIpc) is 3.37. The first-order valence-corrected chi connectivity index (χ1v) is 10.1. The highest BCUT2D eigenvalue weighted by atomic mass is 35.5. The maximum Gasteiger partial charge on any atom is 0.410 e. The largest absolute Gasteiger partial charge is 0.448 e. The summed E-state index contributed by atoms with van der Waals surface area (Å²) in [4.78, 5) is 46.9. The molecule has 0 aliphatic carbocycles. The van der Waals surface area contributed by atoms with Crippen molar-refractivity contribution < 1.29 is 19.1 Å². The Kier molecular flexibility index (Phi) is 5.39. The number of ether oxygens (including phenoxy) is 1. The van der Waals surface area contributed by atoms with E-state index in [0.717, 1.165) is 19.3 Å². The molecule has 0 unspecified atom stereocenters. The lowest BCUT2D eigenvalue weighted by Crippen LogP contribution is -2.52. The Balaban J connectivity index is 1.38. The number of hydrogen-bond acceptors (Lipinski definition) is 5. The van der Waals surface area contributed by atoms with E-state index in [9.17, 15) is 14.4 Å². The Morgan fingerprint density at radius 3 is 2.54 bits per heavy atom. The summed E-state index contributed by atoms with van der Waals surface area (Å²) < 4.78 is 5.01. The summed E-state index contributed by atoms with van der Waals surface area (Å²) in [6, 6.07) is 2.89. The van der Waals surface area contributed by atoms with Crippen LogP contribution in [0.5, 0.6) is 0 Å². The summed E-state index contributed by atoms with van der Waals surface area (Å²) in [5.74, 6) is -0.246. The van der Waals surface area contributed by atoms with E-state index in [4.69, 9.17) is 16.3 Å². The topological polar surface area (TPSA) is 83.1 Å². The molecule has 3 saturated heterocycles. The number of amides is 3. The Morgan fingerprint density at radius 2 is 1.89 bits per heavy atom. The molecule has 28 heavy (non-hydrogen) atoms. The zero-order chi connectivity index (χ0) is 19.7. The van der Waals surface area contributed by atoms with Crippen LogP contribution in [0.1, 0.15) is 36.2 Å². The van der Waals surface area contributed by atoms with E-state index in [1.54, 1.807) is 21.9 Å². The van der Waals surface area contributed by atoms with Crippen LogP contribution in [0.25, 0.3) is 0 Å². The normalized spacial score (nSPS) is 23.2. The Bertz CT molecular complexity index is 764. The SMILES string of the molecule is O=C([C@H]1CCCN1C(=O)c1ccc(Cl)cn1)N1CCC(N2CCOC2=O)CC1. The van der Waals surface area contributed by atoms with Gasteiger partial charge in [-0.3, -0.25) is 9.59 Å². The van der Waals surface area contributed by atoms with Gasteiger partial charge in [0.1, 0.15) is 18.3 Å². The fraction of sp³-hybridized carbons (Fsp3) is 0.579. The number of pyridine rings is 1. The number of piperidine rings is 1. The van der Waals surface area contributed by atoms with Crippen molar-refractivity contribution in [2.45, 2.75) is 37.8 Å². The van der Waals surface area contributed by atoms with Gasteiger partial charge in [0.25, 0.3) is 5.91 Å². The highest BCUT2D eigenvalue weighted by Gasteiger charge is 2.39. The molecule has 4 heterocycles. The van der Waals surface area contributed by atoms with Crippen molar-refractivity contribution in [2.24, 2.45) is 0 Å². The van der Waals surface area contributed by atoms with Gasteiger partial charge < -0.3 is 19.4 Å². The summed E-state index contributed by atoms with van der Waals surface area (Å²) in [6.07, 6.45) is 4.12. The number of halogens is 1. The molecule has 1 atom stereocenters. The second-order valence-electron chi connectivity index (χ2n) is 7.38. The number of rotatable bonds is 3. The van der Waals surface area contributed by atoms with Crippen LogP contribution in [0.15, 0.2) is 18.3 Å². The van der Waals surface area contributed by atoms with Crippen molar-refractivity contribution in [3.05, 3.63) is 29.0 Å². The Labute approximate surface area is 168 Å². The minimum atomic E-state index is -0.446. The lowest BCUT2D eigenvalue weighted by molar-refractivity contribution is -0.136. The van der Waals surface area contributed by atoms with Crippen molar-refractivity contribution in [2.75, 3.05) is 32.8 Å². The number of cyclic esters (lactones) is 1. The molecule has 0 spiro atoms. The second kappa shape index (κ2) is 7.95. The molecule has 150 valence electrons. The molecule has 1 aromatic rings. The van der Waals surface area contributed by atoms with E-state index in [2.05, 4.69) is 4.98 Å². The zero-order valence-corrected chi connectivity index (χ0v) is 16.3. The van der Waals surface area contributed by atoms with E-state index in [1.165, 1.54) is 6.20 Å². The first-order chi connectivity index (χ1) is 13.5. The van der Waals surface area contributed by atoms with Gasteiger partial charge in [-0.05, 0) is 37.8 Å². The molecular formula is C19H23ClN4O4. The van der Waals surface area contributed by atoms with Gasteiger partial charge in [0.05, 0.1) is 11.6 Å². The minimum Gasteiger partial charge on any atom is -0.448 e. The second-order valence-corrected chi connectivity index (χ2v) is 7.82. The van der Waals surface area contributed by atoms with Crippen molar-refractivity contribution in [1.82, 2.24) is 19.7 Å². The molecule has 0 aromatic carbocycles. The first kappa shape index (κ1) is 19.0. The van der Waals surface area contributed by atoms with Crippen LogP contribution in [0, 0.1) is 0 Å². The summed E-state index contributed by atoms with van der Waals surface area (Å²) in [5.41, 5.74) is 0.301. The third kappa shape index (κ3) is 3.65. The van der Waals surface area contributed by atoms with Crippen LogP contribution >= 0.6 is 11.6 Å². The zero-order valence-electron chi connectivity index (χ0n) is 15.6. The van der Waals surface area contributed by atoms with Gasteiger partial charge >= 0.3 is 6.09 Å². The van der Waals surface area contributed by atoms with Crippen LogP contribution in [0.2, 0.25) is 5.02 Å². The molecule has 0 bridgehead atoms. The van der Waals surface area contributed by atoms with E-state index in [0.29, 0.717) is 49.9 Å². The standard InChI is InChI=1S/C19H23ClN4O4/c20-13-3-4-15(21-12-13)17(25)24-7-1-2-16(24)18(26)22-8-5-14(6-9-22)23-10-11-28-19(23)27/h3-4,12,14,16H,1-2,5-11H2/t16-/m1/s1. The van der Waals surface area contributed by atoms with Crippen LogP contribution in [-0.4, -0.2) is 82.5 Å². The van der Waals surface area contributed by atoms with Gasteiger partial charge in [-0.15, -0.1) is 0 Å². The van der Waals surface area contributed by atoms with Gasteiger partial charge in [0.15, 0.2) is 0 Å². The monoisotopic (exact) mass is 406 g/mol. The number of nitrogens with zero attached hydrogens (tertiary/aromatic N) is 4. The van der Waals surface area contributed by atoms with E-state index in [-0.39, 0.29) is 23.9 Å². The van der Waals surface area contributed by atoms with Crippen molar-refractivity contribution in [3.63, 3.8) is 0 Å². The predicted octanol–water partition coefficient (Wildman–Crippen LogP) is 1.78. The van der Waals surface area contributed by atoms with Gasteiger partial charge in [-0.1, -0.05) is 11.6 Å². The Morgan fingerprint density at radius 1 is 1.11 bits per heavy atom. The van der Waals surface area contributed by atoms with Crippen molar-refractivity contribution in [1.29, 1.82) is 0 Å². The molecule has 0 saturated carbocycles. The molecule has 3 aliphatic heterocycles. The highest BCUT2D eigenvalue weighted by molar-refractivity contribution is 6.30. The fourth-order valence-electron chi connectivity index (χ4n) is 4.26. The van der Waals surface area contributed by atoms with E-state index < -0.39 is 6.04 Å². The molecule has 8 nitrogen and oxygen atoms in total. The molecule has 0 radical (unpaired) electrons.